The zero-order valence-corrected chi connectivity index (χ0v) is 15.5. The number of nitrogens with two attached hydrogens (primary N) is 1. The molecule has 0 bridgehead atoms. The van der Waals surface area contributed by atoms with Crippen molar-refractivity contribution in [1.82, 2.24) is 4.90 Å². The zero-order valence-electron chi connectivity index (χ0n) is 13.2. The van der Waals surface area contributed by atoms with Gasteiger partial charge in [0, 0.05) is 25.9 Å². The summed E-state index contributed by atoms with van der Waals surface area (Å²) in [6.07, 6.45) is 7.07. The van der Waals surface area contributed by atoms with Crippen LogP contribution in [0, 0.1) is 0 Å². The minimum Gasteiger partial charge on any atom is -0.378 e. The Labute approximate surface area is 149 Å². The van der Waals surface area contributed by atoms with Crippen LogP contribution in [0.4, 0.5) is 0 Å². The van der Waals surface area contributed by atoms with Crippen molar-refractivity contribution in [1.29, 1.82) is 0 Å². The summed E-state index contributed by atoms with van der Waals surface area (Å²) in [5.41, 5.74) is 6.05. The Morgan fingerprint density at radius 3 is 2.50 bits per heavy atom. The fourth-order valence-electron chi connectivity index (χ4n) is 3.32. The van der Waals surface area contributed by atoms with Gasteiger partial charge in [-0.05, 0) is 12.8 Å². The number of hydrogen-bond acceptors (Lipinski definition) is 4. The van der Waals surface area contributed by atoms with Gasteiger partial charge in [-0.1, -0.05) is 12.8 Å². The maximum absolute atomic E-state index is 6.18. The standard InChI is InChI=1S/C15H27N3O3.HI/c16-14(18-7-9-19-10-8-18)17-11-13-12-20-15(21-13)5-3-1-2-4-6-15;/h13H,1-12H2,(H2,16,17);1H. The van der Waals surface area contributed by atoms with Crippen LogP contribution in [-0.4, -0.2) is 62.2 Å². The van der Waals surface area contributed by atoms with Crippen molar-refractivity contribution >= 4 is 29.9 Å². The predicted octanol–water partition coefficient (Wildman–Crippen LogP) is 1.72. The molecule has 0 radical (unpaired) electrons. The predicted molar refractivity (Wildman–Crippen MR) is 95.6 cm³/mol. The van der Waals surface area contributed by atoms with Crippen molar-refractivity contribution in [2.24, 2.45) is 10.7 Å². The highest BCUT2D eigenvalue weighted by Gasteiger charge is 2.41. The van der Waals surface area contributed by atoms with Crippen LogP contribution in [0.5, 0.6) is 0 Å². The maximum Gasteiger partial charge on any atom is 0.191 e. The third kappa shape index (κ3) is 4.69. The summed E-state index contributed by atoms with van der Waals surface area (Å²) < 4.78 is 17.5. The molecule has 1 aliphatic carbocycles. The molecule has 3 rings (SSSR count). The Hall–Kier alpha value is -0.120. The summed E-state index contributed by atoms with van der Waals surface area (Å²) in [5, 5.41) is 0. The van der Waals surface area contributed by atoms with E-state index >= 15 is 0 Å². The molecule has 0 aromatic heterocycles. The molecule has 3 aliphatic rings. The number of morpholine rings is 1. The fourth-order valence-corrected chi connectivity index (χ4v) is 3.32. The van der Waals surface area contributed by atoms with E-state index in [4.69, 9.17) is 19.9 Å². The lowest BCUT2D eigenvalue weighted by molar-refractivity contribution is -0.174. The monoisotopic (exact) mass is 425 g/mol. The quantitative estimate of drug-likeness (QED) is 0.415. The average Bonchev–Trinajstić information content (AvgIpc) is 2.77. The second-order valence-electron chi connectivity index (χ2n) is 6.17. The Morgan fingerprint density at radius 1 is 1.14 bits per heavy atom. The number of rotatable bonds is 2. The van der Waals surface area contributed by atoms with E-state index in [0.29, 0.717) is 19.1 Å². The lowest BCUT2D eigenvalue weighted by Gasteiger charge is -2.28. The van der Waals surface area contributed by atoms with Gasteiger partial charge >= 0.3 is 0 Å². The fraction of sp³-hybridized carbons (Fsp3) is 0.933. The number of aliphatic imine (C=N–C) groups is 1. The van der Waals surface area contributed by atoms with Crippen LogP contribution in [0.2, 0.25) is 0 Å². The van der Waals surface area contributed by atoms with E-state index < -0.39 is 0 Å². The molecule has 3 fully saturated rings. The first-order valence-electron chi connectivity index (χ1n) is 8.22. The van der Waals surface area contributed by atoms with Crippen LogP contribution in [0.3, 0.4) is 0 Å². The first-order valence-corrected chi connectivity index (χ1v) is 8.22. The molecule has 2 heterocycles. The largest absolute Gasteiger partial charge is 0.378 e. The van der Waals surface area contributed by atoms with Crippen LogP contribution >= 0.6 is 24.0 Å². The van der Waals surface area contributed by atoms with Crippen LogP contribution in [0.1, 0.15) is 38.5 Å². The highest BCUT2D eigenvalue weighted by Crippen LogP contribution is 2.36. The van der Waals surface area contributed by atoms with Gasteiger partial charge in [0.25, 0.3) is 0 Å². The van der Waals surface area contributed by atoms with Gasteiger partial charge in [-0.15, -0.1) is 24.0 Å². The summed E-state index contributed by atoms with van der Waals surface area (Å²) in [4.78, 5) is 6.56. The van der Waals surface area contributed by atoms with E-state index in [1.165, 1.54) is 25.7 Å². The van der Waals surface area contributed by atoms with E-state index in [1.807, 2.05) is 0 Å². The van der Waals surface area contributed by atoms with Crippen molar-refractivity contribution in [2.75, 3.05) is 39.5 Å². The lowest BCUT2D eigenvalue weighted by Crippen LogP contribution is -2.45. The molecule has 128 valence electrons. The smallest absolute Gasteiger partial charge is 0.191 e. The Morgan fingerprint density at radius 2 is 1.82 bits per heavy atom. The summed E-state index contributed by atoms with van der Waals surface area (Å²) in [7, 11) is 0. The maximum atomic E-state index is 6.18. The molecular weight excluding hydrogens is 397 g/mol. The molecule has 2 aliphatic heterocycles. The average molecular weight is 425 g/mol. The lowest BCUT2D eigenvalue weighted by atomic mass is 10.1. The molecule has 2 saturated heterocycles. The molecular formula is C15H28IN3O3. The molecule has 6 nitrogen and oxygen atoms in total. The molecule has 7 heteroatoms. The second-order valence-corrected chi connectivity index (χ2v) is 6.17. The van der Waals surface area contributed by atoms with Crippen molar-refractivity contribution in [3.8, 4) is 0 Å². The highest BCUT2D eigenvalue weighted by atomic mass is 127. The topological polar surface area (TPSA) is 69.3 Å². The summed E-state index contributed by atoms with van der Waals surface area (Å²) >= 11 is 0. The van der Waals surface area contributed by atoms with Gasteiger partial charge in [0.15, 0.2) is 11.7 Å². The van der Waals surface area contributed by atoms with E-state index in [2.05, 4.69) is 9.89 Å². The highest BCUT2D eigenvalue weighted by molar-refractivity contribution is 14.0. The number of ether oxygens (including phenoxy) is 3. The molecule has 2 N–H and O–H groups in total. The van der Waals surface area contributed by atoms with Gasteiger partial charge in [-0.3, -0.25) is 4.99 Å². The van der Waals surface area contributed by atoms with Crippen LogP contribution in [-0.2, 0) is 14.2 Å². The molecule has 1 unspecified atom stereocenters. The van der Waals surface area contributed by atoms with Gasteiger partial charge < -0.3 is 24.8 Å². The van der Waals surface area contributed by atoms with Crippen molar-refractivity contribution in [3.05, 3.63) is 0 Å². The van der Waals surface area contributed by atoms with Crippen LogP contribution < -0.4 is 5.73 Å². The van der Waals surface area contributed by atoms with E-state index in [1.54, 1.807) is 0 Å². The van der Waals surface area contributed by atoms with Gasteiger partial charge in [0.05, 0.1) is 26.4 Å². The molecule has 0 amide bonds. The summed E-state index contributed by atoms with van der Waals surface area (Å²) in [5.74, 6) is 0.272. The van der Waals surface area contributed by atoms with Crippen molar-refractivity contribution in [3.63, 3.8) is 0 Å². The number of halogens is 1. The number of hydrogen-bond donors (Lipinski definition) is 1. The van der Waals surface area contributed by atoms with E-state index in [0.717, 1.165) is 39.1 Å². The normalized spacial score (nSPS) is 29.2. The molecule has 1 spiro atoms. The molecule has 0 aromatic rings. The Kier molecular flexibility index (Phi) is 7.17. The van der Waals surface area contributed by atoms with Gasteiger partial charge in [-0.25, -0.2) is 0 Å². The zero-order chi connectivity index (χ0) is 14.5. The van der Waals surface area contributed by atoms with Crippen molar-refractivity contribution < 1.29 is 14.2 Å². The van der Waals surface area contributed by atoms with E-state index in [-0.39, 0.29) is 35.9 Å². The van der Waals surface area contributed by atoms with Gasteiger partial charge in [0.1, 0.15) is 6.10 Å². The van der Waals surface area contributed by atoms with Crippen LogP contribution in [0.15, 0.2) is 4.99 Å². The summed E-state index contributed by atoms with van der Waals surface area (Å²) in [6, 6.07) is 0. The van der Waals surface area contributed by atoms with Gasteiger partial charge in [0.2, 0.25) is 0 Å². The molecule has 22 heavy (non-hydrogen) atoms. The molecule has 1 saturated carbocycles. The minimum absolute atomic E-state index is 0. The first kappa shape index (κ1) is 18.2. The third-order valence-corrected chi connectivity index (χ3v) is 4.57. The van der Waals surface area contributed by atoms with Crippen LogP contribution in [0.25, 0.3) is 0 Å². The van der Waals surface area contributed by atoms with E-state index in [9.17, 15) is 0 Å². The SMILES string of the molecule is I.NC(=NCC1COC2(CCCCCC2)O1)N1CCOCC1. The number of guanidine groups is 1. The minimum atomic E-state index is -0.329. The molecule has 1 atom stereocenters. The second kappa shape index (κ2) is 8.65. The number of nitrogens with zero attached hydrogens (tertiary/aromatic N) is 2. The first-order chi connectivity index (χ1) is 10.3. The molecule has 0 aromatic carbocycles. The third-order valence-electron chi connectivity index (χ3n) is 4.57. The van der Waals surface area contributed by atoms with Crippen molar-refractivity contribution in [2.45, 2.75) is 50.4 Å². The Balaban J connectivity index is 0.00000176. The Bertz CT molecular complexity index is 367. The van der Waals surface area contributed by atoms with Gasteiger partial charge in [-0.2, -0.15) is 0 Å². The summed E-state index contributed by atoms with van der Waals surface area (Å²) in [6.45, 7) is 4.32.